The maximum atomic E-state index is 13.1. The number of hydrogen-bond acceptors (Lipinski definition) is 4. The van der Waals surface area contributed by atoms with Crippen molar-refractivity contribution in [1.82, 2.24) is 15.0 Å². The van der Waals surface area contributed by atoms with Gasteiger partial charge in [0.1, 0.15) is 11.9 Å². The van der Waals surface area contributed by atoms with Crippen molar-refractivity contribution < 1.29 is 4.79 Å². The Bertz CT molecular complexity index is 1170. The zero-order valence-corrected chi connectivity index (χ0v) is 17.1. The minimum absolute atomic E-state index is 0.106. The van der Waals surface area contributed by atoms with Crippen LogP contribution in [0.3, 0.4) is 0 Å². The first-order valence-corrected chi connectivity index (χ1v) is 10.5. The SMILES string of the molecule is O=C(c1cccs1)N1N=C(c2cccc(Br)c2)CC1c1nc2ccccc2[nH]1. The Kier molecular flexibility index (Phi) is 4.33. The first-order valence-electron chi connectivity index (χ1n) is 8.84. The Morgan fingerprint density at radius 2 is 2.04 bits per heavy atom. The average Bonchev–Trinajstić information content (AvgIpc) is 3.46. The smallest absolute Gasteiger partial charge is 0.284 e. The lowest BCUT2D eigenvalue weighted by Crippen LogP contribution is -2.27. The molecule has 1 amide bonds. The minimum atomic E-state index is -0.268. The largest absolute Gasteiger partial charge is 0.340 e. The zero-order valence-electron chi connectivity index (χ0n) is 14.7. The summed E-state index contributed by atoms with van der Waals surface area (Å²) in [4.78, 5) is 21.9. The third kappa shape index (κ3) is 3.06. The van der Waals surface area contributed by atoms with Crippen LogP contribution in [0.2, 0.25) is 0 Å². The van der Waals surface area contributed by atoms with Gasteiger partial charge in [-0.25, -0.2) is 9.99 Å². The maximum Gasteiger partial charge on any atom is 0.284 e. The quantitative estimate of drug-likeness (QED) is 0.455. The highest BCUT2D eigenvalue weighted by atomic mass is 79.9. The van der Waals surface area contributed by atoms with Crippen molar-refractivity contribution in [1.29, 1.82) is 0 Å². The van der Waals surface area contributed by atoms with Crippen molar-refractivity contribution in [3.63, 3.8) is 0 Å². The third-order valence-electron chi connectivity index (χ3n) is 4.73. The predicted octanol–water partition coefficient (Wildman–Crippen LogP) is 5.38. The molecule has 0 spiro atoms. The standard InChI is InChI=1S/C21H15BrN4OS/c22-14-6-3-5-13(11-14)17-12-18(20-23-15-7-1-2-8-16(15)24-20)26(25-17)21(27)19-9-4-10-28-19/h1-11,18H,12H2,(H,23,24). The van der Waals surface area contributed by atoms with Gasteiger partial charge in [-0.05, 0) is 41.3 Å². The van der Waals surface area contributed by atoms with Gasteiger partial charge in [0.2, 0.25) is 0 Å². The number of nitrogens with zero attached hydrogens (tertiary/aromatic N) is 3. The molecule has 1 unspecified atom stereocenters. The number of H-pyrrole nitrogens is 1. The van der Waals surface area contributed by atoms with Gasteiger partial charge in [-0.3, -0.25) is 4.79 Å². The van der Waals surface area contributed by atoms with Crippen molar-refractivity contribution in [2.75, 3.05) is 0 Å². The lowest BCUT2D eigenvalue weighted by Gasteiger charge is -2.19. The fraction of sp³-hybridized carbons (Fsp3) is 0.0952. The molecular weight excluding hydrogens is 436 g/mol. The molecule has 0 saturated heterocycles. The van der Waals surface area contributed by atoms with Crippen molar-refractivity contribution in [2.24, 2.45) is 5.10 Å². The lowest BCUT2D eigenvalue weighted by atomic mass is 10.0. The fourth-order valence-electron chi connectivity index (χ4n) is 3.40. The summed E-state index contributed by atoms with van der Waals surface area (Å²) in [7, 11) is 0. The molecule has 5 nitrogen and oxygen atoms in total. The number of carbonyl (C=O) groups excluding carboxylic acids is 1. The second-order valence-electron chi connectivity index (χ2n) is 6.54. The van der Waals surface area contributed by atoms with Gasteiger partial charge in [0.15, 0.2) is 0 Å². The van der Waals surface area contributed by atoms with E-state index in [9.17, 15) is 4.79 Å². The van der Waals surface area contributed by atoms with Gasteiger partial charge in [-0.2, -0.15) is 5.10 Å². The van der Waals surface area contributed by atoms with Crippen LogP contribution in [0.1, 0.15) is 33.5 Å². The van der Waals surface area contributed by atoms with Gasteiger partial charge in [-0.1, -0.05) is 46.3 Å². The molecule has 138 valence electrons. The topological polar surface area (TPSA) is 61.4 Å². The number of aromatic nitrogens is 2. The van der Waals surface area contributed by atoms with E-state index in [1.807, 2.05) is 66.0 Å². The van der Waals surface area contributed by atoms with E-state index in [2.05, 4.69) is 20.9 Å². The van der Waals surface area contributed by atoms with Crippen LogP contribution >= 0.6 is 27.3 Å². The maximum absolute atomic E-state index is 13.1. The summed E-state index contributed by atoms with van der Waals surface area (Å²) in [6.45, 7) is 0. The Hall–Kier alpha value is -2.77. The molecule has 0 aliphatic carbocycles. The molecule has 7 heteroatoms. The van der Waals surface area contributed by atoms with Gasteiger partial charge >= 0.3 is 0 Å². The Morgan fingerprint density at radius 3 is 2.82 bits per heavy atom. The summed E-state index contributed by atoms with van der Waals surface area (Å²) in [5.41, 5.74) is 3.71. The van der Waals surface area contributed by atoms with Crippen LogP contribution in [-0.2, 0) is 0 Å². The lowest BCUT2D eigenvalue weighted by molar-refractivity contribution is 0.0710. The number of nitrogens with one attached hydrogen (secondary N) is 1. The summed E-state index contributed by atoms with van der Waals surface area (Å²) < 4.78 is 0.982. The summed E-state index contributed by atoms with van der Waals surface area (Å²) in [6, 6.07) is 19.3. The van der Waals surface area contributed by atoms with Gasteiger partial charge < -0.3 is 4.98 Å². The molecular formula is C21H15BrN4OS. The highest BCUT2D eigenvalue weighted by molar-refractivity contribution is 9.10. The number of fused-ring (bicyclic) bond motifs is 1. The molecule has 3 heterocycles. The second kappa shape index (κ2) is 7.00. The first kappa shape index (κ1) is 17.3. The van der Waals surface area contributed by atoms with Crippen molar-refractivity contribution in [3.05, 3.63) is 86.8 Å². The van der Waals surface area contributed by atoms with Crippen LogP contribution in [0, 0.1) is 0 Å². The van der Waals surface area contributed by atoms with E-state index in [-0.39, 0.29) is 11.9 Å². The summed E-state index contributed by atoms with van der Waals surface area (Å²) >= 11 is 4.94. The molecule has 0 bridgehead atoms. The van der Waals surface area contributed by atoms with Crippen LogP contribution in [0.25, 0.3) is 11.0 Å². The third-order valence-corrected chi connectivity index (χ3v) is 6.08. The number of halogens is 1. The van der Waals surface area contributed by atoms with Crippen LogP contribution in [0.5, 0.6) is 0 Å². The molecule has 0 fully saturated rings. The number of thiophene rings is 1. The van der Waals surface area contributed by atoms with E-state index in [1.165, 1.54) is 11.3 Å². The number of hydrogen-bond donors (Lipinski definition) is 1. The summed E-state index contributed by atoms with van der Waals surface area (Å²) in [5, 5.41) is 8.18. The van der Waals surface area contributed by atoms with Crippen LogP contribution in [0.4, 0.5) is 0 Å². The van der Waals surface area contributed by atoms with Crippen LogP contribution in [-0.4, -0.2) is 26.6 Å². The first-order chi connectivity index (χ1) is 13.7. The molecule has 2 aromatic carbocycles. The highest BCUT2D eigenvalue weighted by Gasteiger charge is 2.36. The number of imidazole rings is 1. The van der Waals surface area contributed by atoms with Crippen LogP contribution in [0.15, 0.2) is 75.6 Å². The Balaban J connectivity index is 1.57. The van der Waals surface area contributed by atoms with E-state index in [0.717, 1.165) is 32.6 Å². The van der Waals surface area contributed by atoms with Crippen molar-refractivity contribution >= 4 is 49.9 Å². The summed E-state index contributed by atoms with van der Waals surface area (Å²) in [6.07, 6.45) is 0.605. The van der Waals surface area contributed by atoms with Gasteiger partial charge in [0.05, 0.1) is 21.6 Å². The van der Waals surface area contributed by atoms with E-state index in [0.29, 0.717) is 11.3 Å². The number of benzene rings is 2. The fourth-order valence-corrected chi connectivity index (χ4v) is 4.45. The molecule has 28 heavy (non-hydrogen) atoms. The van der Waals surface area contributed by atoms with E-state index >= 15 is 0 Å². The predicted molar refractivity (Wildman–Crippen MR) is 115 cm³/mol. The van der Waals surface area contributed by atoms with Gasteiger partial charge in [0, 0.05) is 10.9 Å². The number of carbonyl (C=O) groups is 1. The number of hydrazone groups is 1. The van der Waals surface area contributed by atoms with E-state index in [1.54, 1.807) is 5.01 Å². The summed E-state index contributed by atoms with van der Waals surface area (Å²) in [5.74, 6) is 0.644. The number of para-hydroxylation sites is 2. The molecule has 1 atom stereocenters. The Labute approximate surface area is 173 Å². The number of aromatic amines is 1. The van der Waals surface area contributed by atoms with Crippen LogP contribution < -0.4 is 0 Å². The minimum Gasteiger partial charge on any atom is -0.340 e. The molecule has 0 saturated carbocycles. The Morgan fingerprint density at radius 1 is 1.14 bits per heavy atom. The van der Waals surface area contributed by atoms with Crippen molar-refractivity contribution in [3.8, 4) is 0 Å². The monoisotopic (exact) mass is 450 g/mol. The molecule has 2 aromatic heterocycles. The molecule has 0 radical (unpaired) electrons. The number of amides is 1. The highest BCUT2D eigenvalue weighted by Crippen LogP contribution is 2.34. The molecule has 1 aliphatic rings. The van der Waals surface area contributed by atoms with Gasteiger partial charge in [-0.15, -0.1) is 11.3 Å². The number of rotatable bonds is 3. The second-order valence-corrected chi connectivity index (χ2v) is 8.41. The van der Waals surface area contributed by atoms with E-state index in [4.69, 9.17) is 10.1 Å². The normalized spacial score (nSPS) is 16.5. The van der Waals surface area contributed by atoms with E-state index < -0.39 is 0 Å². The zero-order chi connectivity index (χ0) is 19.1. The molecule has 1 N–H and O–H groups in total. The van der Waals surface area contributed by atoms with Crippen molar-refractivity contribution in [2.45, 2.75) is 12.5 Å². The average molecular weight is 451 g/mol. The molecule has 4 aromatic rings. The molecule has 1 aliphatic heterocycles. The van der Waals surface area contributed by atoms with Gasteiger partial charge in [0.25, 0.3) is 5.91 Å². The molecule has 5 rings (SSSR count).